The second-order valence-corrected chi connectivity index (χ2v) is 3.35. The lowest BCUT2D eigenvalue weighted by molar-refractivity contribution is 1.05. The number of aryl methyl sites for hydroxylation is 1. The van der Waals surface area contributed by atoms with Gasteiger partial charge in [-0.2, -0.15) is 5.26 Å². The largest absolute Gasteiger partial charge is 0.361 e. The fourth-order valence-corrected chi connectivity index (χ4v) is 1.62. The molecule has 1 rings (SSSR count). The van der Waals surface area contributed by atoms with Crippen molar-refractivity contribution in [1.82, 2.24) is 4.98 Å². The molecule has 0 aromatic carbocycles. The molecule has 2 heteroatoms. The second kappa shape index (κ2) is 4.66. The summed E-state index contributed by atoms with van der Waals surface area (Å²) in [7, 11) is 0. The van der Waals surface area contributed by atoms with Crippen LogP contribution in [-0.2, 0) is 12.8 Å². The van der Waals surface area contributed by atoms with Gasteiger partial charge in [-0.25, -0.2) is 0 Å². The number of nitriles is 1. The van der Waals surface area contributed by atoms with Crippen LogP contribution in [0.4, 0.5) is 0 Å². The average molecular weight is 188 g/mol. The van der Waals surface area contributed by atoms with Crippen LogP contribution in [0.15, 0.2) is 11.8 Å². The monoisotopic (exact) mass is 188 g/mol. The normalized spacial score (nSPS) is 11.4. The summed E-state index contributed by atoms with van der Waals surface area (Å²) in [6.07, 6.45) is 6.00. The van der Waals surface area contributed by atoms with E-state index in [-0.39, 0.29) is 0 Å². The molecule has 2 nitrogen and oxygen atoms in total. The summed E-state index contributed by atoms with van der Waals surface area (Å²) in [5.41, 5.74) is 4.51. The van der Waals surface area contributed by atoms with Crippen molar-refractivity contribution in [2.45, 2.75) is 33.6 Å². The molecule has 0 aliphatic heterocycles. The zero-order valence-corrected chi connectivity index (χ0v) is 9.02. The van der Waals surface area contributed by atoms with Crippen molar-refractivity contribution in [3.8, 4) is 6.07 Å². The van der Waals surface area contributed by atoms with Crippen LogP contribution in [0.2, 0.25) is 0 Å². The van der Waals surface area contributed by atoms with Gasteiger partial charge in [-0.3, -0.25) is 0 Å². The van der Waals surface area contributed by atoms with Crippen molar-refractivity contribution in [2.75, 3.05) is 0 Å². The molecule has 0 bridgehead atoms. The zero-order chi connectivity index (χ0) is 10.6. The molecule has 0 unspecified atom stereocenters. The molecule has 1 heterocycles. The molecule has 1 aromatic rings. The maximum Gasteiger partial charge on any atom is 0.0944 e. The second-order valence-electron chi connectivity index (χ2n) is 3.35. The highest BCUT2D eigenvalue weighted by atomic mass is 14.7. The molecule has 0 atom stereocenters. The smallest absolute Gasteiger partial charge is 0.0944 e. The summed E-state index contributed by atoms with van der Waals surface area (Å²) in [5, 5.41) is 8.69. The van der Waals surface area contributed by atoms with Gasteiger partial charge in [0.2, 0.25) is 0 Å². The van der Waals surface area contributed by atoms with Crippen molar-refractivity contribution in [3.05, 3.63) is 28.6 Å². The van der Waals surface area contributed by atoms with Gasteiger partial charge in [-0.05, 0) is 37.0 Å². The predicted molar refractivity (Wildman–Crippen MR) is 58.8 cm³/mol. The molecule has 74 valence electrons. The first-order chi connectivity index (χ1) is 6.72. The molecule has 0 spiro atoms. The number of aromatic amines is 1. The van der Waals surface area contributed by atoms with Crippen LogP contribution in [0.3, 0.4) is 0 Å². The van der Waals surface area contributed by atoms with Gasteiger partial charge in [-0.15, -0.1) is 0 Å². The lowest BCUT2D eigenvalue weighted by atomic mass is 10.1. The first-order valence-corrected chi connectivity index (χ1v) is 5.00. The third-order valence-electron chi connectivity index (χ3n) is 2.39. The van der Waals surface area contributed by atoms with E-state index in [2.05, 4.69) is 24.9 Å². The third-order valence-corrected chi connectivity index (χ3v) is 2.39. The number of hydrogen-bond acceptors (Lipinski definition) is 1. The van der Waals surface area contributed by atoms with E-state index in [0.29, 0.717) is 0 Å². The molecule has 1 N–H and O–H groups in total. The van der Waals surface area contributed by atoms with E-state index in [4.69, 9.17) is 5.26 Å². The van der Waals surface area contributed by atoms with Gasteiger partial charge in [-0.1, -0.05) is 13.8 Å². The average Bonchev–Trinajstić information content (AvgIpc) is 2.59. The summed E-state index contributed by atoms with van der Waals surface area (Å²) in [6.45, 7) is 6.11. The van der Waals surface area contributed by atoms with Gasteiger partial charge in [0, 0.05) is 17.5 Å². The van der Waals surface area contributed by atoms with Crippen molar-refractivity contribution >= 4 is 6.08 Å². The molecule has 0 saturated heterocycles. The standard InChI is InChI=1S/C12H16N2/c1-4-10-8-14-12(11(10)5-2)6-9(3)7-13/h6,8,14H,4-5H2,1-3H3/b9-6+. The lowest BCUT2D eigenvalue weighted by Crippen LogP contribution is -1.87. The van der Waals surface area contributed by atoms with Crippen LogP contribution in [0, 0.1) is 11.3 Å². The Balaban J connectivity index is 3.11. The van der Waals surface area contributed by atoms with Crippen LogP contribution in [-0.4, -0.2) is 4.98 Å². The van der Waals surface area contributed by atoms with Gasteiger partial charge in [0.15, 0.2) is 0 Å². The molecule has 0 aliphatic carbocycles. The van der Waals surface area contributed by atoms with Crippen molar-refractivity contribution in [1.29, 1.82) is 5.26 Å². The quantitative estimate of drug-likeness (QED) is 0.727. The van der Waals surface area contributed by atoms with Gasteiger partial charge < -0.3 is 4.98 Å². The van der Waals surface area contributed by atoms with E-state index in [1.165, 1.54) is 11.1 Å². The molecule has 0 fully saturated rings. The highest BCUT2D eigenvalue weighted by Gasteiger charge is 2.05. The number of nitrogens with zero attached hydrogens (tertiary/aromatic N) is 1. The fourth-order valence-electron chi connectivity index (χ4n) is 1.62. The van der Waals surface area contributed by atoms with E-state index in [9.17, 15) is 0 Å². The number of allylic oxidation sites excluding steroid dienone is 1. The van der Waals surface area contributed by atoms with Crippen molar-refractivity contribution in [3.63, 3.8) is 0 Å². The van der Waals surface area contributed by atoms with Crippen LogP contribution in [0.5, 0.6) is 0 Å². The number of H-pyrrole nitrogens is 1. The third kappa shape index (κ3) is 2.05. The minimum atomic E-state index is 0.740. The summed E-state index contributed by atoms with van der Waals surface area (Å²) in [5.74, 6) is 0. The molecular formula is C12H16N2. The summed E-state index contributed by atoms with van der Waals surface area (Å²) in [6, 6.07) is 2.13. The fraction of sp³-hybridized carbons (Fsp3) is 0.417. The minimum absolute atomic E-state index is 0.740. The zero-order valence-electron chi connectivity index (χ0n) is 9.02. The lowest BCUT2D eigenvalue weighted by Gasteiger charge is -1.99. The van der Waals surface area contributed by atoms with E-state index in [1.807, 2.05) is 19.2 Å². The van der Waals surface area contributed by atoms with Gasteiger partial charge in [0.25, 0.3) is 0 Å². The SMILES string of the molecule is CCc1c[nH]c(/C=C(\C)C#N)c1CC. The molecule has 14 heavy (non-hydrogen) atoms. The number of hydrogen-bond donors (Lipinski definition) is 1. The highest BCUT2D eigenvalue weighted by Crippen LogP contribution is 2.18. The topological polar surface area (TPSA) is 39.6 Å². The molecule has 0 saturated carbocycles. The van der Waals surface area contributed by atoms with E-state index < -0.39 is 0 Å². The van der Waals surface area contributed by atoms with E-state index >= 15 is 0 Å². The first kappa shape index (κ1) is 10.6. The summed E-state index contributed by atoms with van der Waals surface area (Å²) >= 11 is 0. The van der Waals surface area contributed by atoms with Gasteiger partial charge >= 0.3 is 0 Å². The van der Waals surface area contributed by atoms with E-state index in [0.717, 1.165) is 24.1 Å². The summed E-state index contributed by atoms with van der Waals surface area (Å²) in [4.78, 5) is 3.21. The Morgan fingerprint density at radius 2 is 2.21 bits per heavy atom. The van der Waals surface area contributed by atoms with Crippen LogP contribution >= 0.6 is 0 Å². The van der Waals surface area contributed by atoms with Gasteiger partial charge in [0.1, 0.15) is 0 Å². The Hall–Kier alpha value is -1.49. The van der Waals surface area contributed by atoms with Crippen LogP contribution < -0.4 is 0 Å². The van der Waals surface area contributed by atoms with Crippen molar-refractivity contribution in [2.24, 2.45) is 0 Å². The minimum Gasteiger partial charge on any atom is -0.361 e. The Morgan fingerprint density at radius 3 is 2.71 bits per heavy atom. The highest BCUT2D eigenvalue weighted by molar-refractivity contribution is 5.58. The number of rotatable bonds is 3. The summed E-state index contributed by atoms with van der Waals surface area (Å²) < 4.78 is 0. The van der Waals surface area contributed by atoms with E-state index in [1.54, 1.807) is 0 Å². The Bertz CT molecular complexity index is 378. The number of nitrogens with one attached hydrogen (secondary N) is 1. The van der Waals surface area contributed by atoms with Crippen LogP contribution in [0.1, 0.15) is 37.6 Å². The molecule has 0 radical (unpaired) electrons. The molecule has 1 aromatic heterocycles. The molecular weight excluding hydrogens is 172 g/mol. The number of aromatic nitrogens is 1. The Morgan fingerprint density at radius 1 is 1.50 bits per heavy atom. The predicted octanol–water partition coefficient (Wildman–Crippen LogP) is 3.07. The first-order valence-electron chi connectivity index (χ1n) is 5.00. The Labute approximate surface area is 85.3 Å². The van der Waals surface area contributed by atoms with Gasteiger partial charge in [0.05, 0.1) is 6.07 Å². The van der Waals surface area contributed by atoms with Crippen molar-refractivity contribution < 1.29 is 0 Å². The Kier molecular flexibility index (Phi) is 3.53. The molecule has 0 aliphatic rings. The maximum absolute atomic E-state index is 8.69. The maximum atomic E-state index is 8.69. The molecule has 0 amide bonds. The van der Waals surface area contributed by atoms with Crippen LogP contribution in [0.25, 0.3) is 6.08 Å².